The van der Waals surface area contributed by atoms with E-state index in [-0.39, 0.29) is 11.7 Å². The van der Waals surface area contributed by atoms with Crippen LogP contribution in [0.5, 0.6) is 0 Å². The minimum absolute atomic E-state index is 0.0893. The van der Waals surface area contributed by atoms with Crippen LogP contribution in [-0.4, -0.2) is 84.3 Å². The van der Waals surface area contributed by atoms with Gasteiger partial charge in [0.25, 0.3) is 0 Å². The predicted molar refractivity (Wildman–Crippen MR) is 98.1 cm³/mol. The minimum Gasteiger partial charge on any atom is -0.354 e. The number of thiophene rings is 1. The average molecular weight is 368 g/mol. The summed E-state index contributed by atoms with van der Waals surface area (Å²) in [6, 6.07) is 2.03. The molecule has 0 spiro atoms. The van der Waals surface area contributed by atoms with E-state index in [0.29, 0.717) is 6.54 Å². The van der Waals surface area contributed by atoms with Crippen LogP contribution in [0.1, 0.15) is 0 Å². The highest BCUT2D eigenvalue weighted by atomic mass is 35.5. The van der Waals surface area contributed by atoms with Gasteiger partial charge in [-0.25, -0.2) is 9.97 Å². The van der Waals surface area contributed by atoms with Gasteiger partial charge < -0.3 is 14.5 Å². The number of alkyl halides is 1. The van der Waals surface area contributed by atoms with Crippen molar-refractivity contribution in [1.82, 2.24) is 19.8 Å². The molecule has 2 aromatic rings. The zero-order valence-electron chi connectivity index (χ0n) is 13.8. The molecular weight excluding hydrogens is 346 g/mol. The lowest BCUT2D eigenvalue weighted by atomic mass is 10.2. The Morgan fingerprint density at radius 2 is 2.12 bits per heavy atom. The summed E-state index contributed by atoms with van der Waals surface area (Å²) in [5, 5.41) is 2.04. The van der Waals surface area contributed by atoms with Gasteiger partial charge in [-0.3, -0.25) is 4.90 Å². The fourth-order valence-corrected chi connectivity index (χ4v) is 4.28. The molecule has 24 heavy (non-hydrogen) atoms. The van der Waals surface area contributed by atoms with Crippen molar-refractivity contribution in [2.24, 2.45) is 0 Å². The second kappa shape index (κ2) is 7.09. The molecule has 2 aromatic heterocycles. The maximum Gasteiger partial charge on any atom is 0.226 e. The highest BCUT2D eigenvalue weighted by molar-refractivity contribution is 7.17. The fourth-order valence-electron chi connectivity index (χ4n) is 3.28. The van der Waals surface area contributed by atoms with E-state index in [9.17, 15) is 0 Å². The van der Waals surface area contributed by atoms with Crippen molar-refractivity contribution in [1.29, 1.82) is 0 Å². The van der Waals surface area contributed by atoms with Crippen LogP contribution in [0.25, 0.3) is 10.2 Å². The lowest BCUT2D eigenvalue weighted by molar-refractivity contribution is -0.0116. The summed E-state index contributed by atoms with van der Waals surface area (Å²) in [6.07, 6.45) is 1.99. The Labute approximate surface area is 151 Å². The smallest absolute Gasteiger partial charge is 0.226 e. The largest absolute Gasteiger partial charge is 0.354 e. The summed E-state index contributed by atoms with van der Waals surface area (Å²) in [5.74, 6) is 0.748. The van der Waals surface area contributed by atoms with Gasteiger partial charge in [0.2, 0.25) is 5.95 Å². The number of halogens is 1. The van der Waals surface area contributed by atoms with Crippen LogP contribution in [0.3, 0.4) is 0 Å². The van der Waals surface area contributed by atoms with E-state index < -0.39 is 0 Å². The molecule has 6 nitrogen and oxygen atoms in total. The number of rotatable bonds is 3. The van der Waals surface area contributed by atoms with Gasteiger partial charge in [-0.1, -0.05) is 11.6 Å². The molecule has 130 valence electrons. The Morgan fingerprint density at radius 1 is 1.29 bits per heavy atom. The van der Waals surface area contributed by atoms with E-state index in [2.05, 4.69) is 31.7 Å². The number of ether oxygens (including phenoxy) is 1. The fraction of sp³-hybridized carbons (Fsp3) is 0.625. The maximum absolute atomic E-state index is 6.35. The first kappa shape index (κ1) is 16.5. The van der Waals surface area contributed by atoms with Crippen molar-refractivity contribution in [3.63, 3.8) is 0 Å². The Morgan fingerprint density at radius 3 is 2.96 bits per heavy atom. The third-order valence-electron chi connectivity index (χ3n) is 4.66. The first-order valence-electron chi connectivity index (χ1n) is 8.33. The Kier molecular flexibility index (Phi) is 4.87. The van der Waals surface area contributed by atoms with Crippen molar-refractivity contribution in [3.05, 3.63) is 17.6 Å². The van der Waals surface area contributed by atoms with E-state index in [0.717, 1.165) is 55.4 Å². The SMILES string of the molecule is CN1CCN(CC2CN(c3ncc4sccc4n3)CC(Cl)O2)CC1. The number of fused-ring (bicyclic) bond motifs is 1. The molecule has 4 rings (SSSR count). The van der Waals surface area contributed by atoms with Crippen LogP contribution in [-0.2, 0) is 4.74 Å². The van der Waals surface area contributed by atoms with Gasteiger partial charge in [0, 0.05) is 39.3 Å². The van der Waals surface area contributed by atoms with Crippen molar-refractivity contribution in [2.75, 3.05) is 57.8 Å². The van der Waals surface area contributed by atoms with Crippen molar-refractivity contribution < 1.29 is 4.74 Å². The quantitative estimate of drug-likeness (QED) is 0.769. The maximum atomic E-state index is 6.35. The molecule has 0 aromatic carbocycles. The number of morpholine rings is 1. The van der Waals surface area contributed by atoms with Gasteiger partial charge in [-0.2, -0.15) is 0 Å². The molecule has 2 fully saturated rings. The minimum atomic E-state index is -0.321. The molecule has 0 saturated carbocycles. The van der Waals surface area contributed by atoms with Crippen LogP contribution in [0.4, 0.5) is 5.95 Å². The molecule has 4 heterocycles. The molecule has 2 aliphatic heterocycles. The molecule has 0 N–H and O–H groups in total. The first-order chi connectivity index (χ1) is 11.7. The average Bonchev–Trinajstić information content (AvgIpc) is 3.04. The molecule has 0 radical (unpaired) electrons. The molecule has 0 aliphatic carbocycles. The van der Waals surface area contributed by atoms with Gasteiger partial charge in [-0.15, -0.1) is 11.3 Å². The van der Waals surface area contributed by atoms with Crippen molar-refractivity contribution in [2.45, 2.75) is 11.7 Å². The molecule has 8 heteroatoms. The number of aromatic nitrogens is 2. The molecule has 0 amide bonds. The molecule has 2 unspecified atom stereocenters. The lowest BCUT2D eigenvalue weighted by Gasteiger charge is -2.39. The number of nitrogens with zero attached hydrogens (tertiary/aromatic N) is 5. The summed E-state index contributed by atoms with van der Waals surface area (Å²) in [5.41, 5.74) is 0.677. The summed E-state index contributed by atoms with van der Waals surface area (Å²) >= 11 is 8.01. The first-order valence-corrected chi connectivity index (χ1v) is 9.64. The summed E-state index contributed by atoms with van der Waals surface area (Å²) in [7, 11) is 2.17. The molecule has 0 bridgehead atoms. The summed E-state index contributed by atoms with van der Waals surface area (Å²) in [4.78, 5) is 16.2. The zero-order valence-corrected chi connectivity index (χ0v) is 15.3. The number of anilines is 1. The van der Waals surface area contributed by atoms with Crippen molar-refractivity contribution >= 4 is 39.1 Å². The van der Waals surface area contributed by atoms with E-state index in [1.165, 1.54) is 0 Å². The number of hydrogen-bond donors (Lipinski definition) is 0. The van der Waals surface area contributed by atoms with E-state index in [4.69, 9.17) is 16.3 Å². The number of likely N-dealkylation sites (N-methyl/N-ethyl adjacent to an activating group) is 1. The topological polar surface area (TPSA) is 44.7 Å². The summed E-state index contributed by atoms with van der Waals surface area (Å²) in [6.45, 7) is 6.70. The van der Waals surface area contributed by atoms with Crippen LogP contribution in [0, 0.1) is 0 Å². The van der Waals surface area contributed by atoms with Gasteiger partial charge in [-0.05, 0) is 18.5 Å². The van der Waals surface area contributed by atoms with Gasteiger partial charge in [0.1, 0.15) is 5.56 Å². The van der Waals surface area contributed by atoms with Crippen molar-refractivity contribution in [3.8, 4) is 0 Å². The molecule has 2 saturated heterocycles. The van der Waals surface area contributed by atoms with Crippen LogP contribution in [0.2, 0.25) is 0 Å². The monoisotopic (exact) mass is 367 g/mol. The highest BCUT2D eigenvalue weighted by Crippen LogP contribution is 2.23. The summed E-state index contributed by atoms with van der Waals surface area (Å²) < 4.78 is 7.07. The van der Waals surface area contributed by atoms with E-state index in [1.807, 2.05) is 17.6 Å². The van der Waals surface area contributed by atoms with Crippen LogP contribution >= 0.6 is 22.9 Å². The Hall–Kier alpha value is -0.990. The van der Waals surface area contributed by atoms with Crippen LogP contribution < -0.4 is 4.90 Å². The van der Waals surface area contributed by atoms with E-state index in [1.54, 1.807) is 11.3 Å². The third kappa shape index (κ3) is 3.65. The Balaban J connectivity index is 1.44. The Bertz CT molecular complexity index is 690. The van der Waals surface area contributed by atoms with Gasteiger partial charge in [0.15, 0.2) is 0 Å². The molecule has 2 aliphatic rings. The zero-order chi connectivity index (χ0) is 16.5. The van der Waals surface area contributed by atoms with Gasteiger partial charge >= 0.3 is 0 Å². The standard InChI is InChI=1S/C16H22ClN5OS/c1-20-3-5-21(6-4-20)9-12-10-22(11-15(17)23-12)16-18-8-14-13(19-16)2-7-24-14/h2,7-8,12,15H,3-6,9-11H2,1H3. The number of piperazine rings is 1. The van der Waals surface area contributed by atoms with E-state index >= 15 is 0 Å². The second-order valence-electron chi connectivity index (χ2n) is 6.52. The van der Waals surface area contributed by atoms with Crippen LogP contribution in [0.15, 0.2) is 17.6 Å². The molecule has 2 atom stereocenters. The predicted octanol–water partition coefficient (Wildman–Crippen LogP) is 1.71. The third-order valence-corrected chi connectivity index (χ3v) is 5.74. The number of hydrogen-bond acceptors (Lipinski definition) is 7. The normalized spacial score (nSPS) is 27.0. The molecular formula is C16H22ClN5OS. The lowest BCUT2D eigenvalue weighted by Crippen LogP contribution is -2.53. The highest BCUT2D eigenvalue weighted by Gasteiger charge is 2.30. The van der Waals surface area contributed by atoms with Gasteiger partial charge in [0.05, 0.1) is 29.1 Å². The second-order valence-corrected chi connectivity index (χ2v) is 7.95.